The van der Waals surface area contributed by atoms with Crippen molar-refractivity contribution in [1.82, 2.24) is 10.6 Å². The molecule has 2 N–H and O–H groups in total. The number of amides is 2. The van der Waals surface area contributed by atoms with E-state index in [2.05, 4.69) is 23.8 Å². The molecule has 0 unspecified atom stereocenters. The van der Waals surface area contributed by atoms with Gasteiger partial charge in [0.05, 0.1) is 0 Å². The van der Waals surface area contributed by atoms with Crippen LogP contribution in [0.1, 0.15) is 16.8 Å². The topological polar surface area (TPSA) is 67.4 Å². The maximum absolute atomic E-state index is 13.0. The van der Waals surface area contributed by atoms with Crippen LogP contribution in [-0.2, 0) is 9.53 Å². The Morgan fingerprint density at radius 3 is 2.58 bits per heavy atom. The minimum Gasteiger partial charge on any atom is -0.484 e. The molecule has 0 fully saturated rings. The van der Waals surface area contributed by atoms with Crippen LogP contribution >= 0.6 is 11.6 Å². The first-order chi connectivity index (χ1) is 12.5. The average Bonchev–Trinajstić information content (AvgIpc) is 2.65. The molecule has 0 aliphatic rings. The largest absolute Gasteiger partial charge is 0.484 e. The Labute approximate surface area is 156 Å². The van der Waals surface area contributed by atoms with Gasteiger partial charge in [-0.1, -0.05) is 43.0 Å². The molecule has 1 aromatic rings. The SMILES string of the molecule is C=C/C(=C\C(F)=C\Cl)OCC(=O)NCCC(=C)NC(=O)c1ccccc1. The maximum atomic E-state index is 13.0. The number of hydrogen-bond donors (Lipinski definition) is 2. The summed E-state index contributed by atoms with van der Waals surface area (Å²) in [7, 11) is 0. The summed E-state index contributed by atoms with van der Waals surface area (Å²) in [6.45, 7) is 7.15. The lowest BCUT2D eigenvalue weighted by atomic mass is 10.2. The molecule has 0 aliphatic carbocycles. The fourth-order valence-electron chi connectivity index (χ4n) is 1.76. The Hall–Kier alpha value is -2.86. The van der Waals surface area contributed by atoms with Crippen LogP contribution in [0, 0.1) is 0 Å². The Morgan fingerprint density at radius 2 is 1.96 bits per heavy atom. The molecule has 0 heterocycles. The van der Waals surface area contributed by atoms with E-state index in [0.717, 1.165) is 11.6 Å². The summed E-state index contributed by atoms with van der Waals surface area (Å²) < 4.78 is 18.1. The van der Waals surface area contributed by atoms with E-state index >= 15 is 0 Å². The zero-order chi connectivity index (χ0) is 19.4. The number of hydrogen-bond acceptors (Lipinski definition) is 3. The minimum atomic E-state index is -0.715. The van der Waals surface area contributed by atoms with E-state index in [1.807, 2.05) is 6.07 Å². The third-order valence-corrected chi connectivity index (χ3v) is 3.24. The van der Waals surface area contributed by atoms with Crippen molar-refractivity contribution in [3.05, 3.63) is 84.0 Å². The van der Waals surface area contributed by atoms with E-state index in [-0.39, 0.29) is 24.8 Å². The van der Waals surface area contributed by atoms with Gasteiger partial charge in [0.15, 0.2) is 6.61 Å². The molecule has 26 heavy (non-hydrogen) atoms. The third-order valence-electron chi connectivity index (χ3n) is 3.03. The van der Waals surface area contributed by atoms with Gasteiger partial charge in [0, 0.05) is 35.8 Å². The monoisotopic (exact) mass is 378 g/mol. The van der Waals surface area contributed by atoms with Gasteiger partial charge < -0.3 is 15.4 Å². The number of benzene rings is 1. The first-order valence-electron chi connectivity index (χ1n) is 7.70. The van der Waals surface area contributed by atoms with E-state index in [0.29, 0.717) is 17.7 Å². The number of allylic oxidation sites excluding steroid dienone is 3. The standard InChI is InChI=1S/C19H20ClFN2O3/c1-3-17(11-16(21)12-20)26-13-18(24)22-10-9-14(2)23-19(25)15-7-5-4-6-8-15/h3-8,11-12H,1-2,9-10,13H2,(H,22,24)(H,23,25)/b16-12-,17-11+. The van der Waals surface area contributed by atoms with Crippen molar-refractivity contribution in [3.8, 4) is 0 Å². The van der Waals surface area contributed by atoms with Crippen molar-refractivity contribution in [2.24, 2.45) is 0 Å². The molecule has 0 aliphatic heterocycles. The fourth-order valence-corrected chi connectivity index (χ4v) is 1.83. The second-order valence-corrected chi connectivity index (χ2v) is 5.28. The van der Waals surface area contributed by atoms with Crippen molar-refractivity contribution in [1.29, 1.82) is 0 Å². The van der Waals surface area contributed by atoms with Gasteiger partial charge in [0.2, 0.25) is 0 Å². The Kier molecular flexibility index (Phi) is 9.49. The molecular formula is C19H20ClFN2O3. The number of carbonyl (C=O) groups excluding carboxylic acids is 2. The first kappa shape index (κ1) is 21.2. The highest BCUT2D eigenvalue weighted by atomic mass is 35.5. The highest BCUT2D eigenvalue weighted by Gasteiger charge is 2.07. The molecule has 0 spiro atoms. The average molecular weight is 379 g/mol. The summed E-state index contributed by atoms with van der Waals surface area (Å²) in [5.74, 6) is -1.31. The summed E-state index contributed by atoms with van der Waals surface area (Å²) in [5, 5.41) is 5.26. The van der Waals surface area contributed by atoms with Gasteiger partial charge in [0.25, 0.3) is 11.8 Å². The Bertz CT molecular complexity index is 715. The third kappa shape index (κ3) is 8.30. The van der Waals surface area contributed by atoms with Crippen LogP contribution in [0.15, 0.2) is 78.5 Å². The quantitative estimate of drug-likeness (QED) is 0.483. The van der Waals surface area contributed by atoms with Crippen molar-refractivity contribution in [2.75, 3.05) is 13.2 Å². The van der Waals surface area contributed by atoms with E-state index in [9.17, 15) is 14.0 Å². The fraction of sp³-hybridized carbons (Fsp3) is 0.158. The van der Waals surface area contributed by atoms with Crippen LogP contribution in [0.4, 0.5) is 4.39 Å². The molecule has 0 saturated heterocycles. The molecule has 1 aromatic carbocycles. The molecule has 2 amide bonds. The summed E-state index contributed by atoms with van der Waals surface area (Å²) in [6.07, 6.45) is 2.63. The maximum Gasteiger partial charge on any atom is 0.257 e. The molecule has 0 aromatic heterocycles. The highest BCUT2D eigenvalue weighted by molar-refractivity contribution is 6.25. The molecular weight excluding hydrogens is 359 g/mol. The first-order valence-corrected chi connectivity index (χ1v) is 8.13. The lowest BCUT2D eigenvalue weighted by Gasteiger charge is -2.10. The molecule has 0 atom stereocenters. The second-order valence-electron chi connectivity index (χ2n) is 5.06. The summed E-state index contributed by atoms with van der Waals surface area (Å²) in [5.41, 5.74) is 1.73. The van der Waals surface area contributed by atoms with E-state index < -0.39 is 11.7 Å². The van der Waals surface area contributed by atoms with Gasteiger partial charge in [-0.2, -0.15) is 0 Å². The number of ether oxygens (including phenoxy) is 1. The highest BCUT2D eigenvalue weighted by Crippen LogP contribution is 2.07. The van der Waals surface area contributed by atoms with Gasteiger partial charge in [-0.25, -0.2) is 4.39 Å². The van der Waals surface area contributed by atoms with Gasteiger partial charge in [0.1, 0.15) is 11.6 Å². The molecule has 1 rings (SSSR count). The molecule has 0 bridgehead atoms. The van der Waals surface area contributed by atoms with Crippen LogP contribution in [0.2, 0.25) is 0 Å². The Balaban J connectivity index is 2.30. The molecule has 138 valence electrons. The normalized spacial score (nSPS) is 11.5. The van der Waals surface area contributed by atoms with Gasteiger partial charge in [-0.3, -0.25) is 9.59 Å². The zero-order valence-corrected chi connectivity index (χ0v) is 14.9. The van der Waals surface area contributed by atoms with E-state index in [1.165, 1.54) is 6.08 Å². The van der Waals surface area contributed by atoms with Crippen LogP contribution in [0.5, 0.6) is 0 Å². The number of halogens is 2. The lowest BCUT2D eigenvalue weighted by Crippen LogP contribution is -2.30. The van der Waals surface area contributed by atoms with Crippen LogP contribution < -0.4 is 10.6 Å². The van der Waals surface area contributed by atoms with Crippen LogP contribution in [0.25, 0.3) is 0 Å². The summed E-state index contributed by atoms with van der Waals surface area (Å²) in [4.78, 5) is 23.6. The summed E-state index contributed by atoms with van der Waals surface area (Å²) in [6, 6.07) is 8.72. The second kappa shape index (κ2) is 11.7. The van der Waals surface area contributed by atoms with Crippen molar-refractivity contribution in [3.63, 3.8) is 0 Å². The van der Waals surface area contributed by atoms with Crippen LogP contribution in [0.3, 0.4) is 0 Å². The Morgan fingerprint density at radius 1 is 1.27 bits per heavy atom. The predicted molar refractivity (Wildman–Crippen MR) is 100.0 cm³/mol. The zero-order valence-electron chi connectivity index (χ0n) is 14.1. The van der Waals surface area contributed by atoms with Gasteiger partial charge in [-0.15, -0.1) is 0 Å². The summed E-state index contributed by atoms with van der Waals surface area (Å²) >= 11 is 5.20. The molecule has 0 saturated carbocycles. The van der Waals surface area contributed by atoms with Crippen LogP contribution in [-0.4, -0.2) is 25.0 Å². The molecule has 0 radical (unpaired) electrons. The van der Waals surface area contributed by atoms with E-state index in [1.54, 1.807) is 24.3 Å². The number of rotatable bonds is 10. The van der Waals surface area contributed by atoms with Crippen molar-refractivity contribution in [2.45, 2.75) is 6.42 Å². The minimum absolute atomic E-state index is 0.0779. The van der Waals surface area contributed by atoms with Gasteiger partial charge in [-0.05, 0) is 18.2 Å². The van der Waals surface area contributed by atoms with Gasteiger partial charge >= 0.3 is 0 Å². The number of carbonyl (C=O) groups is 2. The lowest BCUT2D eigenvalue weighted by molar-refractivity contribution is -0.124. The smallest absolute Gasteiger partial charge is 0.257 e. The molecule has 7 heteroatoms. The molecule has 5 nitrogen and oxygen atoms in total. The number of nitrogens with one attached hydrogen (secondary N) is 2. The van der Waals surface area contributed by atoms with Crippen molar-refractivity contribution < 1.29 is 18.7 Å². The van der Waals surface area contributed by atoms with Crippen molar-refractivity contribution >= 4 is 23.4 Å². The van der Waals surface area contributed by atoms with E-state index in [4.69, 9.17) is 16.3 Å². The predicted octanol–water partition coefficient (Wildman–Crippen LogP) is 3.57.